The lowest BCUT2D eigenvalue weighted by molar-refractivity contribution is -0.384. The van der Waals surface area contributed by atoms with Crippen LogP contribution in [-0.2, 0) is 0 Å². The molecule has 1 rings (SSSR count). The lowest BCUT2D eigenvalue weighted by Crippen LogP contribution is -2.43. The molecule has 0 saturated heterocycles. The van der Waals surface area contributed by atoms with Crippen LogP contribution in [0.2, 0.25) is 0 Å². The van der Waals surface area contributed by atoms with E-state index >= 15 is 0 Å². The van der Waals surface area contributed by atoms with E-state index in [1.807, 2.05) is 0 Å². The zero-order chi connectivity index (χ0) is 13.8. The Kier molecular flexibility index (Phi) is 4.35. The third-order valence-electron chi connectivity index (χ3n) is 2.29. The van der Waals surface area contributed by atoms with Gasteiger partial charge in [-0.15, -0.1) is 0 Å². The molecule has 0 aliphatic rings. The van der Waals surface area contributed by atoms with Crippen molar-refractivity contribution < 1.29 is 19.9 Å². The second-order valence-electron chi connectivity index (χ2n) is 4.15. The minimum absolute atomic E-state index is 0.123. The van der Waals surface area contributed by atoms with Crippen LogP contribution in [0, 0.1) is 10.1 Å². The van der Waals surface area contributed by atoms with Gasteiger partial charge in [-0.3, -0.25) is 14.9 Å². The topological polar surface area (TPSA) is 113 Å². The number of amides is 1. The van der Waals surface area contributed by atoms with Gasteiger partial charge < -0.3 is 15.5 Å². The Morgan fingerprint density at radius 2 is 2.22 bits per heavy atom. The molecule has 0 spiro atoms. The number of hydrogen-bond acceptors (Lipinski definition) is 5. The Morgan fingerprint density at radius 1 is 1.56 bits per heavy atom. The van der Waals surface area contributed by atoms with E-state index in [0.29, 0.717) is 0 Å². The Balaban J connectivity index is 2.73. The van der Waals surface area contributed by atoms with Gasteiger partial charge >= 0.3 is 0 Å². The van der Waals surface area contributed by atoms with Crippen molar-refractivity contribution in [2.75, 3.05) is 13.2 Å². The molecule has 1 aromatic carbocycles. The van der Waals surface area contributed by atoms with E-state index in [-0.39, 0.29) is 17.8 Å². The summed E-state index contributed by atoms with van der Waals surface area (Å²) in [4.78, 5) is 21.6. The molecule has 0 aliphatic heterocycles. The van der Waals surface area contributed by atoms with Gasteiger partial charge in [0.2, 0.25) is 0 Å². The molecule has 0 radical (unpaired) electrons. The molecule has 0 fully saturated rings. The van der Waals surface area contributed by atoms with Crippen molar-refractivity contribution in [3.05, 3.63) is 39.9 Å². The Labute approximate surface area is 103 Å². The van der Waals surface area contributed by atoms with E-state index < -0.39 is 23.0 Å². The fraction of sp³-hybridized carbons (Fsp3) is 0.364. The Hall–Kier alpha value is -1.99. The molecule has 0 aromatic heterocycles. The normalized spacial score (nSPS) is 13.7. The lowest BCUT2D eigenvalue weighted by atomic mass is 10.1. The summed E-state index contributed by atoms with van der Waals surface area (Å²) in [6.45, 7) is 0.716. The highest BCUT2D eigenvalue weighted by Gasteiger charge is 2.20. The average molecular weight is 254 g/mol. The maximum Gasteiger partial charge on any atom is 0.270 e. The van der Waals surface area contributed by atoms with Crippen LogP contribution in [0.15, 0.2) is 24.3 Å². The third-order valence-corrected chi connectivity index (χ3v) is 2.29. The molecule has 0 aliphatic carbocycles. The zero-order valence-corrected chi connectivity index (χ0v) is 9.79. The molecule has 1 unspecified atom stereocenters. The predicted octanol–water partition coefficient (Wildman–Crippen LogP) is 0.0679. The summed E-state index contributed by atoms with van der Waals surface area (Å²) in [7, 11) is 0. The van der Waals surface area contributed by atoms with Gasteiger partial charge in [0.05, 0.1) is 11.5 Å². The van der Waals surface area contributed by atoms with Gasteiger partial charge in [-0.05, 0) is 13.0 Å². The van der Waals surface area contributed by atoms with E-state index in [2.05, 4.69) is 5.32 Å². The predicted molar refractivity (Wildman–Crippen MR) is 63.1 cm³/mol. The van der Waals surface area contributed by atoms with Gasteiger partial charge in [-0.1, -0.05) is 6.07 Å². The van der Waals surface area contributed by atoms with Crippen molar-refractivity contribution in [2.45, 2.75) is 12.5 Å². The Bertz CT molecular complexity index is 459. The Morgan fingerprint density at radius 3 is 2.78 bits per heavy atom. The second-order valence-corrected chi connectivity index (χ2v) is 4.15. The number of rotatable bonds is 5. The SMILES string of the molecule is CC(O)(CO)CNC(=O)c1cccc([N+](=O)[O-])c1. The van der Waals surface area contributed by atoms with Crippen LogP contribution < -0.4 is 5.32 Å². The van der Waals surface area contributed by atoms with E-state index in [4.69, 9.17) is 5.11 Å². The van der Waals surface area contributed by atoms with Crippen LogP contribution in [0.3, 0.4) is 0 Å². The number of nitro groups is 1. The first-order valence-electron chi connectivity index (χ1n) is 5.21. The van der Waals surface area contributed by atoms with E-state index in [1.165, 1.54) is 25.1 Å². The number of benzene rings is 1. The van der Waals surface area contributed by atoms with Crippen molar-refractivity contribution in [3.63, 3.8) is 0 Å². The molecular weight excluding hydrogens is 240 g/mol. The second kappa shape index (κ2) is 5.56. The first-order valence-corrected chi connectivity index (χ1v) is 5.21. The van der Waals surface area contributed by atoms with Crippen molar-refractivity contribution in [3.8, 4) is 0 Å². The largest absolute Gasteiger partial charge is 0.393 e. The third kappa shape index (κ3) is 3.79. The number of nitrogens with one attached hydrogen (secondary N) is 1. The first kappa shape index (κ1) is 14.1. The quantitative estimate of drug-likeness (QED) is 0.508. The monoisotopic (exact) mass is 254 g/mol. The maximum absolute atomic E-state index is 11.7. The van der Waals surface area contributed by atoms with Crippen LogP contribution in [0.1, 0.15) is 17.3 Å². The van der Waals surface area contributed by atoms with Gasteiger partial charge in [-0.25, -0.2) is 0 Å². The van der Waals surface area contributed by atoms with E-state index in [0.717, 1.165) is 6.07 Å². The minimum atomic E-state index is -1.42. The molecular formula is C11H14N2O5. The summed E-state index contributed by atoms with van der Waals surface area (Å²) < 4.78 is 0. The zero-order valence-electron chi connectivity index (χ0n) is 9.79. The highest BCUT2D eigenvalue weighted by Crippen LogP contribution is 2.13. The summed E-state index contributed by atoms with van der Waals surface area (Å²) in [5.41, 5.74) is -1.48. The molecule has 3 N–H and O–H groups in total. The summed E-state index contributed by atoms with van der Waals surface area (Å²) in [5.74, 6) is -0.549. The first-order chi connectivity index (χ1) is 8.35. The van der Waals surface area contributed by atoms with Gasteiger partial charge in [0.1, 0.15) is 5.60 Å². The smallest absolute Gasteiger partial charge is 0.270 e. The highest BCUT2D eigenvalue weighted by atomic mass is 16.6. The molecule has 98 valence electrons. The summed E-state index contributed by atoms with van der Waals surface area (Å²) in [6.07, 6.45) is 0. The van der Waals surface area contributed by atoms with Gasteiger partial charge in [0.15, 0.2) is 0 Å². The fourth-order valence-corrected chi connectivity index (χ4v) is 1.19. The van der Waals surface area contributed by atoms with Crippen LogP contribution in [0.5, 0.6) is 0 Å². The number of hydrogen-bond donors (Lipinski definition) is 3. The average Bonchev–Trinajstić information content (AvgIpc) is 2.36. The standard InChI is InChI=1S/C11H14N2O5/c1-11(16,7-14)6-12-10(15)8-3-2-4-9(5-8)13(17)18/h2-5,14,16H,6-7H2,1H3,(H,12,15). The number of nitro benzene ring substituents is 1. The molecule has 0 heterocycles. The van der Waals surface area contributed by atoms with Gasteiger partial charge in [0.25, 0.3) is 11.6 Å². The number of aliphatic hydroxyl groups excluding tert-OH is 1. The highest BCUT2D eigenvalue weighted by molar-refractivity contribution is 5.94. The summed E-state index contributed by atoms with van der Waals surface area (Å²) in [5, 5.41) is 31.2. The number of carbonyl (C=O) groups excluding carboxylic acids is 1. The number of nitrogens with zero attached hydrogens (tertiary/aromatic N) is 1. The van der Waals surface area contributed by atoms with Gasteiger partial charge in [-0.2, -0.15) is 0 Å². The molecule has 1 atom stereocenters. The molecule has 7 nitrogen and oxygen atoms in total. The molecule has 18 heavy (non-hydrogen) atoms. The summed E-state index contributed by atoms with van der Waals surface area (Å²) in [6, 6.07) is 5.25. The minimum Gasteiger partial charge on any atom is -0.393 e. The van der Waals surface area contributed by atoms with Crippen molar-refractivity contribution in [1.82, 2.24) is 5.32 Å². The van der Waals surface area contributed by atoms with Crippen LogP contribution in [0.4, 0.5) is 5.69 Å². The number of aliphatic hydroxyl groups is 2. The van der Waals surface area contributed by atoms with Crippen molar-refractivity contribution >= 4 is 11.6 Å². The molecule has 0 saturated carbocycles. The van der Waals surface area contributed by atoms with Crippen LogP contribution >= 0.6 is 0 Å². The molecule has 0 bridgehead atoms. The maximum atomic E-state index is 11.7. The molecule has 1 amide bonds. The summed E-state index contributed by atoms with van der Waals surface area (Å²) >= 11 is 0. The van der Waals surface area contributed by atoms with E-state index in [1.54, 1.807) is 0 Å². The number of carbonyl (C=O) groups is 1. The fourth-order valence-electron chi connectivity index (χ4n) is 1.19. The van der Waals surface area contributed by atoms with Gasteiger partial charge in [0, 0.05) is 24.2 Å². The van der Waals surface area contributed by atoms with Crippen molar-refractivity contribution in [1.29, 1.82) is 0 Å². The van der Waals surface area contributed by atoms with Crippen molar-refractivity contribution in [2.24, 2.45) is 0 Å². The molecule has 7 heteroatoms. The van der Waals surface area contributed by atoms with Crippen LogP contribution in [0.25, 0.3) is 0 Å². The van der Waals surface area contributed by atoms with Crippen LogP contribution in [-0.4, -0.2) is 39.8 Å². The van der Waals surface area contributed by atoms with E-state index in [9.17, 15) is 20.0 Å². The number of non-ortho nitro benzene ring substituents is 1. The molecule has 1 aromatic rings. The lowest BCUT2D eigenvalue weighted by Gasteiger charge is -2.20.